The van der Waals surface area contributed by atoms with Gasteiger partial charge in [0.25, 0.3) is 0 Å². The van der Waals surface area contributed by atoms with Gasteiger partial charge in [-0.3, -0.25) is 9.59 Å². The monoisotopic (exact) mass is 773 g/mol. The summed E-state index contributed by atoms with van der Waals surface area (Å²) in [6, 6.07) is 0. The molecule has 0 fully saturated rings. The number of unbranched alkanes of at least 4 members (excludes halogenated alkanes) is 30. The van der Waals surface area contributed by atoms with Crippen molar-refractivity contribution in [1.29, 1.82) is 0 Å². The lowest BCUT2D eigenvalue weighted by Gasteiger charge is -2.15. The van der Waals surface area contributed by atoms with E-state index in [1.807, 2.05) is 0 Å². The minimum absolute atomic E-state index is 0.0690. The molecule has 55 heavy (non-hydrogen) atoms. The van der Waals surface area contributed by atoms with E-state index in [9.17, 15) is 14.7 Å². The number of carbonyl (C=O) groups is 2. The van der Waals surface area contributed by atoms with Crippen LogP contribution in [0.5, 0.6) is 0 Å². The van der Waals surface area contributed by atoms with Crippen molar-refractivity contribution in [2.45, 2.75) is 258 Å². The van der Waals surface area contributed by atoms with Gasteiger partial charge in [0, 0.05) is 12.8 Å². The molecule has 1 unspecified atom stereocenters. The lowest BCUT2D eigenvalue weighted by Crippen LogP contribution is -2.28. The van der Waals surface area contributed by atoms with Crippen molar-refractivity contribution in [1.82, 2.24) is 0 Å². The first-order valence-corrected chi connectivity index (χ1v) is 24.0. The van der Waals surface area contributed by atoms with E-state index in [1.54, 1.807) is 0 Å². The molecule has 0 radical (unpaired) electrons. The van der Waals surface area contributed by atoms with Gasteiger partial charge in [-0.25, -0.2) is 0 Å². The third-order valence-corrected chi connectivity index (χ3v) is 10.7. The maximum atomic E-state index is 12.2. The van der Waals surface area contributed by atoms with Gasteiger partial charge in [0.05, 0.1) is 6.61 Å². The van der Waals surface area contributed by atoms with Crippen molar-refractivity contribution in [3.63, 3.8) is 0 Å². The Morgan fingerprint density at radius 1 is 0.418 bits per heavy atom. The van der Waals surface area contributed by atoms with Crippen LogP contribution in [0.2, 0.25) is 0 Å². The highest BCUT2D eigenvalue weighted by Crippen LogP contribution is 2.15. The number of aliphatic hydroxyl groups excluding tert-OH is 1. The SMILES string of the molecule is CCCC/C=C\C/C=C\CCCCCCCC(=O)OC(CO)COC(=O)CCCCCCCCCCCCCCCCC/C=C\CCCCCCCCCC. The summed E-state index contributed by atoms with van der Waals surface area (Å²) in [6.45, 7) is 4.10. The number of hydrogen-bond acceptors (Lipinski definition) is 5. The highest BCUT2D eigenvalue weighted by molar-refractivity contribution is 5.70. The highest BCUT2D eigenvalue weighted by Gasteiger charge is 2.16. The van der Waals surface area contributed by atoms with Crippen molar-refractivity contribution in [2.75, 3.05) is 13.2 Å². The van der Waals surface area contributed by atoms with Gasteiger partial charge in [-0.2, -0.15) is 0 Å². The maximum Gasteiger partial charge on any atom is 0.306 e. The van der Waals surface area contributed by atoms with Crippen LogP contribution in [0.15, 0.2) is 36.5 Å². The van der Waals surface area contributed by atoms with E-state index in [2.05, 4.69) is 50.3 Å². The van der Waals surface area contributed by atoms with Gasteiger partial charge in [-0.05, 0) is 64.2 Å². The Balaban J connectivity index is 3.45. The van der Waals surface area contributed by atoms with E-state index in [0.717, 1.165) is 51.4 Å². The first-order valence-electron chi connectivity index (χ1n) is 24.0. The average Bonchev–Trinajstić information content (AvgIpc) is 3.19. The van der Waals surface area contributed by atoms with Crippen molar-refractivity contribution < 1.29 is 24.2 Å². The molecule has 0 saturated carbocycles. The lowest BCUT2D eigenvalue weighted by molar-refractivity contribution is -0.161. The quantitative estimate of drug-likeness (QED) is 0.0379. The van der Waals surface area contributed by atoms with E-state index in [4.69, 9.17) is 9.47 Å². The third-order valence-electron chi connectivity index (χ3n) is 10.7. The van der Waals surface area contributed by atoms with E-state index < -0.39 is 6.10 Å². The largest absolute Gasteiger partial charge is 0.462 e. The molecule has 5 heteroatoms. The van der Waals surface area contributed by atoms with Crippen LogP contribution in [0.3, 0.4) is 0 Å². The second kappa shape index (κ2) is 46.5. The molecule has 0 aromatic carbocycles. The Morgan fingerprint density at radius 2 is 0.745 bits per heavy atom. The molecule has 0 bridgehead atoms. The van der Waals surface area contributed by atoms with E-state index in [0.29, 0.717) is 12.8 Å². The summed E-state index contributed by atoms with van der Waals surface area (Å²) in [5, 5.41) is 9.59. The lowest BCUT2D eigenvalue weighted by atomic mass is 10.0. The second-order valence-electron chi connectivity index (χ2n) is 16.2. The third kappa shape index (κ3) is 44.7. The number of aliphatic hydroxyl groups is 1. The molecule has 1 atom stereocenters. The molecule has 0 rings (SSSR count). The van der Waals surface area contributed by atoms with Gasteiger partial charge >= 0.3 is 11.9 Å². The van der Waals surface area contributed by atoms with Gasteiger partial charge in [0.15, 0.2) is 6.10 Å². The predicted octanol–water partition coefficient (Wildman–Crippen LogP) is 15.6. The predicted molar refractivity (Wildman–Crippen MR) is 238 cm³/mol. The number of carbonyl (C=O) groups excluding carboxylic acids is 2. The van der Waals surface area contributed by atoms with Crippen LogP contribution < -0.4 is 0 Å². The van der Waals surface area contributed by atoms with Gasteiger partial charge in [0.1, 0.15) is 6.61 Å². The van der Waals surface area contributed by atoms with Crippen molar-refractivity contribution in [3.8, 4) is 0 Å². The van der Waals surface area contributed by atoms with E-state index in [-0.39, 0.29) is 25.2 Å². The Bertz CT molecular complexity index is 877. The number of allylic oxidation sites excluding steroid dienone is 6. The van der Waals surface area contributed by atoms with Gasteiger partial charge in [-0.1, -0.05) is 211 Å². The minimum Gasteiger partial charge on any atom is -0.462 e. The number of ether oxygens (including phenoxy) is 2. The van der Waals surface area contributed by atoms with Gasteiger partial charge < -0.3 is 14.6 Å². The number of hydrogen-bond donors (Lipinski definition) is 1. The molecule has 1 N–H and O–H groups in total. The minimum atomic E-state index is -0.777. The summed E-state index contributed by atoms with van der Waals surface area (Å²) in [5.41, 5.74) is 0. The first-order chi connectivity index (χ1) is 27.1. The number of esters is 2. The van der Waals surface area contributed by atoms with Crippen LogP contribution in [0.1, 0.15) is 251 Å². The Morgan fingerprint density at radius 3 is 1.15 bits per heavy atom. The zero-order valence-corrected chi connectivity index (χ0v) is 36.7. The molecule has 0 aliphatic rings. The molecule has 0 amide bonds. The van der Waals surface area contributed by atoms with Crippen molar-refractivity contribution in [2.24, 2.45) is 0 Å². The first kappa shape index (κ1) is 53.1. The van der Waals surface area contributed by atoms with Crippen LogP contribution >= 0.6 is 0 Å². The average molecular weight is 773 g/mol. The summed E-state index contributed by atoms with van der Waals surface area (Å²) in [6.07, 6.45) is 58.1. The molecule has 0 aliphatic heterocycles. The zero-order valence-electron chi connectivity index (χ0n) is 36.7. The summed E-state index contributed by atoms with van der Waals surface area (Å²) in [7, 11) is 0. The highest BCUT2D eigenvalue weighted by atomic mass is 16.6. The van der Waals surface area contributed by atoms with Gasteiger partial charge in [0.2, 0.25) is 0 Å². The van der Waals surface area contributed by atoms with E-state index in [1.165, 1.54) is 173 Å². The van der Waals surface area contributed by atoms with Crippen molar-refractivity contribution >= 4 is 11.9 Å². The topological polar surface area (TPSA) is 72.8 Å². The van der Waals surface area contributed by atoms with Crippen LogP contribution in [-0.2, 0) is 19.1 Å². The summed E-state index contributed by atoms with van der Waals surface area (Å²) in [4.78, 5) is 24.3. The zero-order chi connectivity index (χ0) is 40.0. The smallest absolute Gasteiger partial charge is 0.306 e. The summed E-state index contributed by atoms with van der Waals surface area (Å²) in [5.74, 6) is -0.599. The van der Waals surface area contributed by atoms with E-state index >= 15 is 0 Å². The summed E-state index contributed by atoms with van der Waals surface area (Å²) >= 11 is 0. The van der Waals surface area contributed by atoms with Crippen LogP contribution in [0, 0.1) is 0 Å². The van der Waals surface area contributed by atoms with Crippen LogP contribution in [-0.4, -0.2) is 36.4 Å². The Kier molecular flexibility index (Phi) is 44.9. The molecule has 322 valence electrons. The van der Waals surface area contributed by atoms with Crippen molar-refractivity contribution in [3.05, 3.63) is 36.5 Å². The maximum absolute atomic E-state index is 12.2. The standard InChI is InChI=1S/C50H92O5/c1-3-5-7-9-11-13-15-17-19-20-21-22-23-24-25-26-27-28-29-30-31-33-34-36-38-40-42-44-49(52)54-47-48(46-51)55-50(53)45-43-41-39-37-35-32-18-16-14-12-10-8-6-4-2/h10,12,16,18,20-21,48,51H,3-9,11,13-15,17,19,22-47H2,1-2H3/b12-10-,18-16-,21-20-. The molecular formula is C50H92O5. The Labute approximate surface area is 342 Å². The molecule has 0 aliphatic carbocycles. The second-order valence-corrected chi connectivity index (χ2v) is 16.2. The Hall–Kier alpha value is -1.88. The van der Waals surface area contributed by atoms with Gasteiger partial charge in [-0.15, -0.1) is 0 Å². The summed E-state index contributed by atoms with van der Waals surface area (Å²) < 4.78 is 10.6. The molecular weight excluding hydrogens is 681 g/mol. The fourth-order valence-electron chi connectivity index (χ4n) is 6.98. The fourth-order valence-corrected chi connectivity index (χ4v) is 6.98. The van der Waals surface area contributed by atoms with Crippen LogP contribution in [0.25, 0.3) is 0 Å². The van der Waals surface area contributed by atoms with Crippen LogP contribution in [0.4, 0.5) is 0 Å². The molecule has 0 saturated heterocycles. The molecule has 0 heterocycles. The molecule has 0 aromatic heterocycles. The normalized spacial score (nSPS) is 12.4. The molecule has 5 nitrogen and oxygen atoms in total. The fraction of sp³-hybridized carbons (Fsp3) is 0.840. The molecule has 0 spiro atoms. The molecule has 0 aromatic rings. The number of rotatable bonds is 44.